The van der Waals surface area contributed by atoms with Crippen LogP contribution in [0, 0.1) is 0 Å². The average molecular weight is 313 g/mol. The highest BCUT2D eigenvalue weighted by atomic mass is 16.5. The van der Waals surface area contributed by atoms with Crippen LogP contribution in [-0.4, -0.2) is 27.9 Å². The highest BCUT2D eigenvalue weighted by molar-refractivity contribution is 5.54. The lowest BCUT2D eigenvalue weighted by Crippen LogP contribution is -2.31. The van der Waals surface area contributed by atoms with E-state index in [1.807, 2.05) is 12.1 Å². The van der Waals surface area contributed by atoms with Crippen LogP contribution in [-0.2, 0) is 12.8 Å². The second-order valence-electron chi connectivity index (χ2n) is 5.69. The number of ether oxygens (including phenoxy) is 3. The number of methoxy groups -OCH3 is 3. The van der Waals surface area contributed by atoms with Gasteiger partial charge in [-0.2, -0.15) is 0 Å². The second-order valence-corrected chi connectivity index (χ2v) is 5.69. The Morgan fingerprint density at radius 1 is 1.00 bits per heavy atom. The van der Waals surface area contributed by atoms with Crippen molar-refractivity contribution in [2.24, 2.45) is 0 Å². The van der Waals surface area contributed by atoms with Crippen molar-refractivity contribution in [3.05, 3.63) is 53.1 Å². The van der Waals surface area contributed by atoms with Crippen LogP contribution in [0.25, 0.3) is 0 Å². The smallest absolute Gasteiger partial charge is 0.203 e. The van der Waals surface area contributed by atoms with Gasteiger partial charge in [-0.1, -0.05) is 24.3 Å². The summed E-state index contributed by atoms with van der Waals surface area (Å²) < 4.78 is 16.3. The Morgan fingerprint density at radius 3 is 2.35 bits per heavy atom. The van der Waals surface area contributed by atoms with Gasteiger partial charge in [-0.3, -0.25) is 0 Å². The third-order valence-corrected chi connectivity index (χ3v) is 4.38. The molecule has 1 atom stereocenters. The van der Waals surface area contributed by atoms with E-state index >= 15 is 0 Å². The largest absolute Gasteiger partial charge is 0.493 e. The Morgan fingerprint density at radius 2 is 1.70 bits per heavy atom. The van der Waals surface area contributed by atoms with E-state index in [0.717, 1.165) is 24.9 Å². The SMILES string of the molecule is COc1cc(CC2NCCc3ccccc32)cc(OC)c1OC. The summed E-state index contributed by atoms with van der Waals surface area (Å²) in [5.74, 6) is 2.03. The molecule has 0 aliphatic carbocycles. The summed E-state index contributed by atoms with van der Waals surface area (Å²) in [5, 5.41) is 3.61. The highest BCUT2D eigenvalue weighted by Crippen LogP contribution is 2.39. The normalized spacial score (nSPS) is 16.6. The molecule has 1 unspecified atom stereocenters. The molecule has 0 fully saturated rings. The maximum Gasteiger partial charge on any atom is 0.203 e. The Hall–Kier alpha value is -2.20. The van der Waals surface area contributed by atoms with Crippen molar-refractivity contribution in [1.82, 2.24) is 5.32 Å². The lowest BCUT2D eigenvalue weighted by Gasteiger charge is -2.27. The first-order valence-corrected chi connectivity index (χ1v) is 7.87. The number of nitrogens with one attached hydrogen (secondary N) is 1. The molecule has 23 heavy (non-hydrogen) atoms. The molecule has 0 amide bonds. The molecular weight excluding hydrogens is 290 g/mol. The summed E-state index contributed by atoms with van der Waals surface area (Å²) in [6, 6.07) is 13.0. The molecule has 0 aromatic heterocycles. The van der Waals surface area contributed by atoms with Gasteiger partial charge in [-0.25, -0.2) is 0 Å². The van der Waals surface area contributed by atoms with E-state index in [4.69, 9.17) is 14.2 Å². The van der Waals surface area contributed by atoms with Crippen molar-refractivity contribution in [2.45, 2.75) is 18.9 Å². The number of hydrogen-bond donors (Lipinski definition) is 1. The monoisotopic (exact) mass is 313 g/mol. The predicted molar refractivity (Wildman–Crippen MR) is 90.7 cm³/mol. The van der Waals surface area contributed by atoms with Gasteiger partial charge in [0.1, 0.15) is 0 Å². The van der Waals surface area contributed by atoms with Crippen molar-refractivity contribution in [3.63, 3.8) is 0 Å². The summed E-state index contributed by atoms with van der Waals surface area (Å²) in [4.78, 5) is 0. The van der Waals surface area contributed by atoms with Gasteiger partial charge in [0.05, 0.1) is 21.3 Å². The fourth-order valence-corrected chi connectivity index (χ4v) is 3.26. The maximum atomic E-state index is 5.45. The molecule has 3 rings (SSSR count). The van der Waals surface area contributed by atoms with Crippen molar-refractivity contribution < 1.29 is 14.2 Å². The molecule has 122 valence electrons. The highest BCUT2D eigenvalue weighted by Gasteiger charge is 2.21. The van der Waals surface area contributed by atoms with Crippen LogP contribution in [0.15, 0.2) is 36.4 Å². The summed E-state index contributed by atoms with van der Waals surface area (Å²) in [6.45, 7) is 1.01. The summed E-state index contributed by atoms with van der Waals surface area (Å²) in [5.41, 5.74) is 3.98. The fraction of sp³-hybridized carbons (Fsp3) is 0.368. The first-order chi connectivity index (χ1) is 11.3. The Labute approximate surface area is 137 Å². The topological polar surface area (TPSA) is 39.7 Å². The molecule has 1 aliphatic heterocycles. The minimum atomic E-state index is 0.308. The standard InChI is InChI=1S/C19H23NO3/c1-21-17-11-13(12-18(22-2)19(17)23-3)10-16-15-7-5-4-6-14(15)8-9-20-16/h4-7,11-12,16,20H,8-10H2,1-3H3. The Kier molecular flexibility index (Phi) is 4.72. The molecule has 0 saturated heterocycles. The summed E-state index contributed by atoms with van der Waals surface area (Å²) >= 11 is 0. The predicted octanol–water partition coefficient (Wildman–Crippen LogP) is 3.14. The number of hydrogen-bond acceptors (Lipinski definition) is 4. The van der Waals surface area contributed by atoms with Gasteiger partial charge in [0.25, 0.3) is 0 Å². The van der Waals surface area contributed by atoms with Crippen molar-refractivity contribution >= 4 is 0 Å². The van der Waals surface area contributed by atoms with Crippen LogP contribution < -0.4 is 19.5 Å². The maximum absolute atomic E-state index is 5.45. The first-order valence-electron chi connectivity index (χ1n) is 7.87. The summed E-state index contributed by atoms with van der Waals surface area (Å²) in [7, 11) is 4.92. The molecule has 0 spiro atoms. The lowest BCUT2D eigenvalue weighted by atomic mass is 9.90. The van der Waals surface area contributed by atoms with Gasteiger partial charge < -0.3 is 19.5 Å². The van der Waals surface area contributed by atoms with E-state index in [0.29, 0.717) is 23.3 Å². The van der Waals surface area contributed by atoms with Crippen LogP contribution >= 0.6 is 0 Å². The number of rotatable bonds is 5. The molecule has 2 aromatic rings. The van der Waals surface area contributed by atoms with Crippen molar-refractivity contribution in [2.75, 3.05) is 27.9 Å². The minimum absolute atomic E-state index is 0.308. The Bertz CT molecular complexity index is 659. The molecule has 0 radical (unpaired) electrons. The molecule has 0 bridgehead atoms. The van der Waals surface area contributed by atoms with E-state index in [1.165, 1.54) is 11.1 Å². The van der Waals surface area contributed by atoms with Crippen molar-refractivity contribution in [3.8, 4) is 17.2 Å². The van der Waals surface area contributed by atoms with Crippen LogP contribution in [0.1, 0.15) is 22.7 Å². The van der Waals surface area contributed by atoms with Crippen LogP contribution in [0.2, 0.25) is 0 Å². The van der Waals surface area contributed by atoms with Crippen LogP contribution in [0.5, 0.6) is 17.2 Å². The van der Waals surface area contributed by atoms with Gasteiger partial charge in [0, 0.05) is 6.04 Å². The fourth-order valence-electron chi connectivity index (χ4n) is 3.26. The van der Waals surface area contributed by atoms with Crippen LogP contribution in [0.4, 0.5) is 0 Å². The van der Waals surface area contributed by atoms with Crippen LogP contribution in [0.3, 0.4) is 0 Å². The molecular formula is C19H23NO3. The van der Waals surface area contributed by atoms with E-state index in [2.05, 4.69) is 29.6 Å². The van der Waals surface area contributed by atoms with E-state index in [1.54, 1.807) is 21.3 Å². The van der Waals surface area contributed by atoms with E-state index in [-0.39, 0.29) is 0 Å². The van der Waals surface area contributed by atoms with Crippen molar-refractivity contribution in [1.29, 1.82) is 0 Å². The number of fused-ring (bicyclic) bond motifs is 1. The van der Waals surface area contributed by atoms with E-state index in [9.17, 15) is 0 Å². The molecule has 2 aromatic carbocycles. The number of benzene rings is 2. The van der Waals surface area contributed by atoms with E-state index < -0.39 is 0 Å². The molecule has 1 aliphatic rings. The zero-order valence-electron chi connectivity index (χ0n) is 13.9. The third-order valence-electron chi connectivity index (χ3n) is 4.38. The second kappa shape index (κ2) is 6.92. The molecule has 0 saturated carbocycles. The zero-order valence-corrected chi connectivity index (χ0v) is 13.9. The third kappa shape index (κ3) is 3.13. The van der Waals surface area contributed by atoms with Gasteiger partial charge >= 0.3 is 0 Å². The molecule has 4 heteroatoms. The van der Waals surface area contributed by atoms with Gasteiger partial charge in [0.15, 0.2) is 11.5 Å². The van der Waals surface area contributed by atoms with Gasteiger partial charge in [-0.15, -0.1) is 0 Å². The molecule has 1 heterocycles. The minimum Gasteiger partial charge on any atom is -0.493 e. The van der Waals surface area contributed by atoms with Gasteiger partial charge in [-0.05, 0) is 48.2 Å². The van der Waals surface area contributed by atoms with Gasteiger partial charge in [0.2, 0.25) is 5.75 Å². The zero-order chi connectivity index (χ0) is 16.2. The quantitative estimate of drug-likeness (QED) is 0.920. The Balaban J connectivity index is 1.92. The summed E-state index contributed by atoms with van der Waals surface area (Å²) in [6.07, 6.45) is 1.97. The molecule has 4 nitrogen and oxygen atoms in total. The first kappa shape index (κ1) is 15.7. The molecule has 1 N–H and O–H groups in total. The average Bonchev–Trinajstić information content (AvgIpc) is 2.61. The lowest BCUT2D eigenvalue weighted by molar-refractivity contribution is 0.323.